The highest BCUT2D eigenvalue weighted by Crippen LogP contribution is 2.28. The quantitative estimate of drug-likeness (QED) is 0.801. The number of nitrogens with zero attached hydrogens (tertiary/aromatic N) is 3. The average Bonchev–Trinajstić information content (AvgIpc) is 3.23. The van der Waals surface area contributed by atoms with Gasteiger partial charge in [0, 0.05) is 24.6 Å². The van der Waals surface area contributed by atoms with Gasteiger partial charge >= 0.3 is 0 Å². The van der Waals surface area contributed by atoms with Gasteiger partial charge in [-0.3, -0.25) is 4.98 Å². The molecule has 0 amide bonds. The van der Waals surface area contributed by atoms with Gasteiger partial charge in [-0.05, 0) is 49.1 Å². The lowest BCUT2D eigenvalue weighted by atomic mass is 10.2. The molecule has 1 fully saturated rings. The van der Waals surface area contributed by atoms with Crippen molar-refractivity contribution in [2.45, 2.75) is 39.0 Å². The molecule has 0 spiro atoms. The second kappa shape index (κ2) is 6.34. The van der Waals surface area contributed by atoms with Crippen molar-refractivity contribution >= 4 is 11.0 Å². The van der Waals surface area contributed by atoms with Crippen LogP contribution in [0.5, 0.6) is 0 Å². The van der Waals surface area contributed by atoms with Crippen LogP contribution < -0.4 is 0 Å². The number of hydrogen-bond acceptors (Lipinski definition) is 4. The fraction of sp³-hybridized carbons (Fsp3) is 0.368. The highest BCUT2D eigenvalue weighted by atomic mass is 16.5. The zero-order chi connectivity index (χ0) is 16.5. The largest absolute Gasteiger partial charge is 0.392 e. The van der Waals surface area contributed by atoms with E-state index >= 15 is 0 Å². The van der Waals surface area contributed by atoms with Crippen LogP contribution in [-0.4, -0.2) is 32.4 Å². The number of aryl methyl sites for hydroxylation is 1. The van der Waals surface area contributed by atoms with Gasteiger partial charge in [0.15, 0.2) is 0 Å². The highest BCUT2D eigenvalue weighted by molar-refractivity contribution is 5.81. The van der Waals surface area contributed by atoms with E-state index in [0.29, 0.717) is 0 Å². The summed E-state index contributed by atoms with van der Waals surface area (Å²) < 4.78 is 8.06. The predicted octanol–water partition coefficient (Wildman–Crippen LogP) is 3.08. The summed E-state index contributed by atoms with van der Waals surface area (Å²) in [4.78, 5) is 9.14. The van der Waals surface area contributed by atoms with E-state index in [4.69, 9.17) is 9.72 Å². The Morgan fingerprint density at radius 2 is 2.21 bits per heavy atom. The summed E-state index contributed by atoms with van der Waals surface area (Å²) >= 11 is 0. The number of aromatic nitrogens is 3. The van der Waals surface area contributed by atoms with E-state index in [1.165, 1.54) is 0 Å². The maximum absolute atomic E-state index is 9.39. The molecule has 5 heteroatoms. The molecule has 1 N–H and O–H groups in total. The van der Waals surface area contributed by atoms with E-state index in [9.17, 15) is 5.11 Å². The minimum atomic E-state index is 0.0237. The molecule has 4 rings (SSSR count). The first kappa shape index (κ1) is 15.3. The fourth-order valence-electron chi connectivity index (χ4n) is 3.35. The van der Waals surface area contributed by atoms with Crippen molar-refractivity contribution in [3.8, 4) is 11.4 Å². The molecule has 3 aromatic rings. The Morgan fingerprint density at radius 3 is 2.96 bits per heavy atom. The summed E-state index contributed by atoms with van der Waals surface area (Å²) in [6, 6.07) is 8.05. The van der Waals surface area contributed by atoms with Gasteiger partial charge in [0.25, 0.3) is 0 Å². The van der Waals surface area contributed by atoms with Gasteiger partial charge in [0.1, 0.15) is 5.82 Å². The van der Waals surface area contributed by atoms with Crippen LogP contribution in [0.25, 0.3) is 22.4 Å². The van der Waals surface area contributed by atoms with E-state index in [-0.39, 0.29) is 12.7 Å². The Labute approximate surface area is 140 Å². The van der Waals surface area contributed by atoms with Crippen LogP contribution in [0, 0.1) is 6.92 Å². The molecule has 0 bridgehead atoms. The zero-order valence-corrected chi connectivity index (χ0v) is 13.8. The molecule has 0 aliphatic carbocycles. The van der Waals surface area contributed by atoms with Crippen LogP contribution in [0.2, 0.25) is 0 Å². The summed E-state index contributed by atoms with van der Waals surface area (Å²) in [5.74, 6) is 0.909. The third-order valence-electron chi connectivity index (χ3n) is 4.54. The molecular formula is C19H21N3O2. The summed E-state index contributed by atoms with van der Waals surface area (Å²) in [5.41, 5.74) is 4.96. The highest BCUT2D eigenvalue weighted by Gasteiger charge is 2.20. The number of ether oxygens (including phenoxy) is 1. The summed E-state index contributed by atoms with van der Waals surface area (Å²) in [6.07, 6.45) is 6.14. The van der Waals surface area contributed by atoms with Crippen molar-refractivity contribution in [1.29, 1.82) is 0 Å². The summed E-state index contributed by atoms with van der Waals surface area (Å²) in [6.45, 7) is 3.69. The Bertz CT molecular complexity index is 866. The van der Waals surface area contributed by atoms with Crippen molar-refractivity contribution in [3.05, 3.63) is 47.8 Å². The van der Waals surface area contributed by atoms with Crippen molar-refractivity contribution in [1.82, 2.24) is 14.5 Å². The van der Waals surface area contributed by atoms with Gasteiger partial charge in [0.05, 0.1) is 30.3 Å². The van der Waals surface area contributed by atoms with Crippen molar-refractivity contribution < 1.29 is 9.84 Å². The Hall–Kier alpha value is -2.24. The van der Waals surface area contributed by atoms with Crippen LogP contribution in [0.3, 0.4) is 0 Å². The summed E-state index contributed by atoms with van der Waals surface area (Å²) in [7, 11) is 0. The molecule has 124 valence electrons. The lowest BCUT2D eigenvalue weighted by molar-refractivity contribution is 0.0982. The van der Waals surface area contributed by atoms with E-state index in [1.54, 1.807) is 0 Å². The molecule has 1 aliphatic heterocycles. The normalized spacial score (nSPS) is 17.7. The molecular weight excluding hydrogens is 302 g/mol. The Morgan fingerprint density at radius 1 is 1.29 bits per heavy atom. The standard InChI is InChI=1S/C19H21N3O2/c1-13-7-15(10-20-9-13)19-21-17-8-14(12-23)4-5-18(17)22(19)11-16-3-2-6-24-16/h4-5,7-10,16,23H,2-3,6,11-12H2,1H3. The van der Waals surface area contributed by atoms with Crippen molar-refractivity contribution in [2.75, 3.05) is 6.61 Å². The molecule has 1 unspecified atom stereocenters. The molecule has 0 saturated carbocycles. The number of aliphatic hydroxyl groups excluding tert-OH is 1. The first-order valence-electron chi connectivity index (χ1n) is 8.38. The van der Waals surface area contributed by atoms with Crippen LogP contribution in [0.15, 0.2) is 36.7 Å². The van der Waals surface area contributed by atoms with Crippen LogP contribution >= 0.6 is 0 Å². The maximum atomic E-state index is 9.39. The lowest BCUT2D eigenvalue weighted by Crippen LogP contribution is -2.15. The van der Waals surface area contributed by atoms with E-state index in [0.717, 1.165) is 59.5 Å². The third-order valence-corrected chi connectivity index (χ3v) is 4.54. The second-order valence-electron chi connectivity index (χ2n) is 6.41. The van der Waals surface area contributed by atoms with E-state index in [2.05, 4.69) is 15.6 Å². The average molecular weight is 323 g/mol. The molecule has 5 nitrogen and oxygen atoms in total. The number of fused-ring (bicyclic) bond motifs is 1. The Balaban J connectivity index is 1.86. The molecule has 24 heavy (non-hydrogen) atoms. The van der Waals surface area contributed by atoms with Crippen molar-refractivity contribution in [2.24, 2.45) is 0 Å². The zero-order valence-electron chi connectivity index (χ0n) is 13.8. The summed E-state index contributed by atoms with van der Waals surface area (Å²) in [5, 5.41) is 9.39. The van der Waals surface area contributed by atoms with E-state index < -0.39 is 0 Å². The fourth-order valence-corrected chi connectivity index (χ4v) is 3.35. The molecule has 1 atom stereocenters. The number of pyridine rings is 1. The molecule has 0 radical (unpaired) electrons. The van der Waals surface area contributed by atoms with Crippen molar-refractivity contribution in [3.63, 3.8) is 0 Å². The van der Waals surface area contributed by atoms with Gasteiger partial charge in [-0.15, -0.1) is 0 Å². The number of benzene rings is 1. The maximum Gasteiger partial charge on any atom is 0.142 e. The minimum Gasteiger partial charge on any atom is -0.392 e. The SMILES string of the molecule is Cc1cncc(-c2nc3cc(CO)ccc3n2CC2CCCO2)c1. The smallest absolute Gasteiger partial charge is 0.142 e. The molecule has 3 heterocycles. The lowest BCUT2D eigenvalue weighted by Gasteiger charge is -2.14. The number of imidazole rings is 1. The van der Waals surface area contributed by atoms with Gasteiger partial charge in [-0.25, -0.2) is 4.98 Å². The van der Waals surface area contributed by atoms with Gasteiger partial charge < -0.3 is 14.4 Å². The number of rotatable bonds is 4. The second-order valence-corrected chi connectivity index (χ2v) is 6.41. The number of aliphatic hydroxyl groups is 1. The Kier molecular flexibility index (Phi) is 4.04. The van der Waals surface area contributed by atoms with Gasteiger partial charge in [-0.2, -0.15) is 0 Å². The van der Waals surface area contributed by atoms with Gasteiger partial charge in [0.2, 0.25) is 0 Å². The third kappa shape index (κ3) is 2.81. The minimum absolute atomic E-state index is 0.0237. The topological polar surface area (TPSA) is 60.2 Å². The molecule has 1 saturated heterocycles. The monoisotopic (exact) mass is 323 g/mol. The molecule has 1 aromatic carbocycles. The van der Waals surface area contributed by atoms with Crippen LogP contribution in [0.1, 0.15) is 24.0 Å². The first-order chi connectivity index (χ1) is 11.7. The first-order valence-corrected chi connectivity index (χ1v) is 8.38. The van der Waals surface area contributed by atoms with Gasteiger partial charge in [-0.1, -0.05) is 6.07 Å². The van der Waals surface area contributed by atoms with E-state index in [1.807, 2.05) is 37.5 Å². The van der Waals surface area contributed by atoms with Crippen LogP contribution in [0.4, 0.5) is 0 Å². The van der Waals surface area contributed by atoms with Crippen LogP contribution in [-0.2, 0) is 17.9 Å². The predicted molar refractivity (Wildman–Crippen MR) is 92.6 cm³/mol. The molecule has 2 aromatic heterocycles. The molecule has 1 aliphatic rings. The number of hydrogen-bond donors (Lipinski definition) is 1.